The molecule has 1 aliphatic carbocycles. The molecule has 6 nitrogen and oxygen atoms in total. The molecular formula is C38H36Cl2N2O4. The summed E-state index contributed by atoms with van der Waals surface area (Å²) in [7, 11) is 0. The van der Waals surface area contributed by atoms with E-state index in [2.05, 4.69) is 5.32 Å². The zero-order valence-electron chi connectivity index (χ0n) is 26.1. The van der Waals surface area contributed by atoms with Gasteiger partial charge in [0.05, 0.1) is 24.0 Å². The average molecular weight is 656 g/mol. The first kappa shape index (κ1) is 31.7. The van der Waals surface area contributed by atoms with Crippen LogP contribution in [0.25, 0.3) is 0 Å². The number of ether oxygens (including phenoxy) is 2. The predicted molar refractivity (Wildman–Crippen MR) is 184 cm³/mol. The van der Waals surface area contributed by atoms with Crippen molar-refractivity contribution in [1.29, 1.82) is 0 Å². The topological polar surface area (TPSA) is 67.9 Å². The van der Waals surface area contributed by atoms with Crippen molar-refractivity contribution in [1.82, 2.24) is 0 Å². The fourth-order valence-corrected chi connectivity index (χ4v) is 6.47. The first-order valence-corrected chi connectivity index (χ1v) is 16.3. The van der Waals surface area contributed by atoms with Crippen LogP contribution in [-0.2, 0) is 16.2 Å². The van der Waals surface area contributed by atoms with Crippen LogP contribution in [0.4, 0.5) is 11.4 Å². The normalized spacial score (nSPS) is 17.6. The summed E-state index contributed by atoms with van der Waals surface area (Å²) in [6, 6.07) is 28.0. The minimum atomic E-state index is -0.677. The lowest BCUT2D eigenvalue weighted by Gasteiger charge is -2.36. The Morgan fingerprint density at radius 1 is 0.870 bits per heavy atom. The van der Waals surface area contributed by atoms with Crippen LogP contribution in [0.1, 0.15) is 62.3 Å². The molecule has 4 aromatic carbocycles. The van der Waals surface area contributed by atoms with Gasteiger partial charge in [-0.3, -0.25) is 14.5 Å². The summed E-state index contributed by atoms with van der Waals surface area (Å²) in [5, 5.41) is 4.91. The molecule has 0 saturated carbocycles. The minimum Gasteiger partial charge on any atom is -0.490 e. The third-order valence-corrected chi connectivity index (χ3v) is 8.96. The van der Waals surface area contributed by atoms with E-state index in [1.54, 1.807) is 4.90 Å². The Balaban J connectivity index is 1.47. The van der Waals surface area contributed by atoms with Crippen LogP contribution in [0.5, 0.6) is 11.5 Å². The largest absolute Gasteiger partial charge is 0.490 e. The number of amides is 1. The van der Waals surface area contributed by atoms with E-state index in [0.717, 1.165) is 33.8 Å². The number of nitrogens with one attached hydrogen (secondary N) is 1. The zero-order valence-corrected chi connectivity index (χ0v) is 27.6. The van der Waals surface area contributed by atoms with E-state index in [1.165, 1.54) is 0 Å². The molecule has 0 bridgehead atoms. The molecule has 2 atom stereocenters. The molecule has 0 spiro atoms. The molecule has 236 valence electrons. The summed E-state index contributed by atoms with van der Waals surface area (Å²) in [4.78, 5) is 30.3. The van der Waals surface area contributed by atoms with Crippen molar-refractivity contribution >= 4 is 46.3 Å². The number of carbonyl (C=O) groups is 2. The van der Waals surface area contributed by atoms with E-state index < -0.39 is 6.04 Å². The Morgan fingerprint density at radius 2 is 1.54 bits per heavy atom. The number of ketones is 1. The molecule has 1 N–H and O–H groups in total. The van der Waals surface area contributed by atoms with E-state index in [-0.39, 0.29) is 23.5 Å². The number of carbonyl (C=O) groups excluding carboxylic acids is 2. The van der Waals surface area contributed by atoms with Gasteiger partial charge in [0.1, 0.15) is 6.61 Å². The number of benzene rings is 4. The quantitative estimate of drug-likeness (QED) is 0.205. The van der Waals surface area contributed by atoms with E-state index >= 15 is 0 Å². The Hall–Kier alpha value is -4.26. The fraction of sp³-hybridized carbons (Fsp3) is 0.263. The van der Waals surface area contributed by atoms with Crippen molar-refractivity contribution in [3.8, 4) is 11.5 Å². The highest BCUT2D eigenvalue weighted by Gasteiger charge is 2.42. The lowest BCUT2D eigenvalue weighted by atomic mass is 9.78. The van der Waals surface area contributed by atoms with Gasteiger partial charge in [-0.1, -0.05) is 79.5 Å². The summed E-state index contributed by atoms with van der Waals surface area (Å²) in [5.41, 5.74) is 5.69. The second-order valence-corrected chi connectivity index (χ2v) is 12.8. The monoisotopic (exact) mass is 654 g/mol. The molecule has 0 aromatic heterocycles. The first-order valence-electron chi connectivity index (χ1n) is 15.6. The van der Waals surface area contributed by atoms with Crippen molar-refractivity contribution in [2.45, 2.75) is 52.2 Å². The van der Waals surface area contributed by atoms with Crippen molar-refractivity contribution in [3.63, 3.8) is 0 Å². The smallest absolute Gasteiger partial charge is 0.230 e. The molecular weight excluding hydrogens is 619 g/mol. The highest BCUT2D eigenvalue weighted by atomic mass is 35.5. The second kappa shape index (κ2) is 13.6. The van der Waals surface area contributed by atoms with Gasteiger partial charge in [0.15, 0.2) is 17.3 Å². The molecule has 0 radical (unpaired) electrons. The van der Waals surface area contributed by atoms with Gasteiger partial charge in [0, 0.05) is 33.7 Å². The molecule has 0 fully saturated rings. The number of anilines is 2. The summed E-state index contributed by atoms with van der Waals surface area (Å²) in [6.45, 7) is 6.43. The molecule has 1 amide bonds. The maximum atomic E-state index is 14.3. The maximum absolute atomic E-state index is 14.3. The molecule has 8 heteroatoms. The summed E-state index contributed by atoms with van der Waals surface area (Å²) < 4.78 is 12.3. The van der Waals surface area contributed by atoms with Gasteiger partial charge >= 0.3 is 0 Å². The number of nitrogens with zero attached hydrogens (tertiary/aromatic N) is 1. The van der Waals surface area contributed by atoms with Crippen molar-refractivity contribution in [2.75, 3.05) is 16.8 Å². The Bertz CT molecular complexity index is 1780. The van der Waals surface area contributed by atoms with Crippen molar-refractivity contribution < 1.29 is 19.1 Å². The summed E-state index contributed by atoms with van der Waals surface area (Å²) in [6.07, 6.45) is 0.928. The lowest BCUT2D eigenvalue weighted by molar-refractivity contribution is -0.121. The van der Waals surface area contributed by atoms with E-state index in [9.17, 15) is 9.59 Å². The number of Topliss-reactive ketones (excluding diaryl/α,β-unsaturated/α-hetero) is 1. The number of hydrogen-bond donors (Lipinski definition) is 1. The highest BCUT2D eigenvalue weighted by Crippen LogP contribution is 2.49. The lowest BCUT2D eigenvalue weighted by Crippen LogP contribution is -2.40. The van der Waals surface area contributed by atoms with Crippen LogP contribution in [0, 0.1) is 5.92 Å². The van der Waals surface area contributed by atoms with E-state index in [1.807, 2.05) is 112 Å². The second-order valence-electron chi connectivity index (χ2n) is 11.9. The zero-order chi connectivity index (χ0) is 32.4. The van der Waals surface area contributed by atoms with Crippen LogP contribution in [0.3, 0.4) is 0 Å². The van der Waals surface area contributed by atoms with E-state index in [4.69, 9.17) is 32.7 Å². The van der Waals surface area contributed by atoms with Gasteiger partial charge in [-0.2, -0.15) is 0 Å². The van der Waals surface area contributed by atoms with Gasteiger partial charge < -0.3 is 14.8 Å². The maximum Gasteiger partial charge on any atom is 0.230 e. The standard InChI is InChI=1S/C38H36Cl2N2O4/c1-4-45-35-21-26(13-18-34(35)46-22-24-9-14-28(39)15-10-24)37-36-31(19-27(20-33(36)43)25-11-16-29(40)17-12-25)41-30-7-5-6-8-32(30)42(37)38(44)23(2)3/h5-18,21,23,27,37,41H,4,19-20,22H2,1-3H3. The molecule has 2 unspecified atom stereocenters. The van der Waals surface area contributed by atoms with Gasteiger partial charge in [-0.15, -0.1) is 0 Å². The van der Waals surface area contributed by atoms with Gasteiger partial charge in [-0.25, -0.2) is 0 Å². The number of fused-ring (bicyclic) bond motifs is 1. The van der Waals surface area contributed by atoms with Crippen LogP contribution in [0.15, 0.2) is 102 Å². The minimum absolute atomic E-state index is 0.00547. The molecule has 1 heterocycles. The molecule has 2 aliphatic rings. The van der Waals surface area contributed by atoms with E-state index in [0.29, 0.717) is 53.2 Å². The molecule has 46 heavy (non-hydrogen) atoms. The number of para-hydroxylation sites is 2. The van der Waals surface area contributed by atoms with Crippen LogP contribution < -0.4 is 19.7 Å². The first-order chi connectivity index (χ1) is 22.2. The van der Waals surface area contributed by atoms with Gasteiger partial charge in [0.25, 0.3) is 0 Å². The number of rotatable bonds is 8. The Labute approximate surface area is 279 Å². The average Bonchev–Trinajstić information content (AvgIpc) is 3.19. The Morgan fingerprint density at radius 3 is 2.24 bits per heavy atom. The van der Waals surface area contributed by atoms with Crippen molar-refractivity contribution in [3.05, 3.63) is 129 Å². The molecule has 4 aromatic rings. The van der Waals surface area contributed by atoms with Crippen molar-refractivity contribution in [2.24, 2.45) is 5.92 Å². The highest BCUT2D eigenvalue weighted by molar-refractivity contribution is 6.30. The number of hydrogen-bond acceptors (Lipinski definition) is 5. The molecule has 6 rings (SSSR count). The van der Waals surface area contributed by atoms with Crippen LogP contribution >= 0.6 is 23.2 Å². The SMILES string of the molecule is CCOc1cc(C2C3=C(CC(c4ccc(Cl)cc4)CC3=O)Nc3ccccc3N2C(=O)C(C)C)ccc1OCc1ccc(Cl)cc1. The number of halogens is 2. The number of allylic oxidation sites excluding steroid dienone is 1. The van der Waals surface area contributed by atoms with Crippen LogP contribution in [0.2, 0.25) is 10.0 Å². The molecule has 0 saturated heterocycles. The Kier molecular flexibility index (Phi) is 9.39. The summed E-state index contributed by atoms with van der Waals surface area (Å²) >= 11 is 12.2. The predicted octanol–water partition coefficient (Wildman–Crippen LogP) is 9.53. The van der Waals surface area contributed by atoms with Gasteiger partial charge in [-0.05, 0) is 84.5 Å². The van der Waals surface area contributed by atoms with Gasteiger partial charge in [0.2, 0.25) is 5.91 Å². The van der Waals surface area contributed by atoms with Crippen LogP contribution in [-0.4, -0.2) is 18.3 Å². The summed E-state index contributed by atoms with van der Waals surface area (Å²) in [5.74, 6) is 0.684. The molecule has 1 aliphatic heterocycles. The third kappa shape index (κ3) is 6.51. The fourth-order valence-electron chi connectivity index (χ4n) is 6.22. The third-order valence-electron chi connectivity index (χ3n) is 8.45.